The van der Waals surface area contributed by atoms with Crippen LogP contribution in [-0.4, -0.2) is 32.4 Å². The minimum Gasteiger partial charge on any atom is -0.493 e. The van der Waals surface area contributed by atoms with E-state index in [-0.39, 0.29) is 5.56 Å². The first kappa shape index (κ1) is 14.6. The number of nitriles is 1. The molecule has 0 saturated heterocycles. The minimum atomic E-state index is -1.69. The molecule has 1 atom stereocenters. The van der Waals surface area contributed by atoms with Gasteiger partial charge in [-0.1, -0.05) is 0 Å². The Kier molecular flexibility index (Phi) is 4.22. The van der Waals surface area contributed by atoms with Gasteiger partial charge in [-0.05, 0) is 24.6 Å². The summed E-state index contributed by atoms with van der Waals surface area (Å²) in [6.45, 7) is 1.32. The molecule has 0 radical (unpaired) electrons. The lowest BCUT2D eigenvalue weighted by Crippen LogP contribution is -2.30. The lowest BCUT2D eigenvalue weighted by atomic mass is 9.84. The van der Waals surface area contributed by atoms with Gasteiger partial charge in [0.15, 0.2) is 16.9 Å². The molecular formula is C13H15NO5. The molecule has 0 bridgehead atoms. The number of nitrogens with zero attached hydrogens (tertiary/aromatic N) is 1. The predicted octanol–water partition coefficient (Wildman–Crippen LogP) is 1.58. The van der Waals surface area contributed by atoms with Crippen LogP contribution in [0.3, 0.4) is 0 Å². The fourth-order valence-corrected chi connectivity index (χ4v) is 1.61. The molecule has 0 aromatic heterocycles. The van der Waals surface area contributed by atoms with Gasteiger partial charge in [0, 0.05) is 0 Å². The molecule has 0 saturated carbocycles. The predicted molar refractivity (Wildman–Crippen MR) is 66.7 cm³/mol. The summed E-state index contributed by atoms with van der Waals surface area (Å²) < 4.78 is 15.4. The zero-order valence-electron chi connectivity index (χ0n) is 11.2. The van der Waals surface area contributed by atoms with Crippen molar-refractivity contribution < 1.29 is 24.1 Å². The van der Waals surface area contributed by atoms with E-state index in [4.69, 9.17) is 19.5 Å². The minimum absolute atomic E-state index is 0.261. The zero-order valence-corrected chi connectivity index (χ0v) is 11.2. The molecule has 1 N–H and O–H groups in total. The number of carbonyl (C=O) groups is 1. The second-order valence-electron chi connectivity index (χ2n) is 3.96. The van der Waals surface area contributed by atoms with Crippen LogP contribution in [0.4, 0.5) is 0 Å². The Morgan fingerprint density at radius 2 is 1.68 bits per heavy atom. The Morgan fingerprint density at radius 3 is 1.95 bits per heavy atom. The fourth-order valence-electron chi connectivity index (χ4n) is 1.61. The van der Waals surface area contributed by atoms with Crippen LogP contribution < -0.4 is 14.2 Å². The van der Waals surface area contributed by atoms with Crippen LogP contribution in [0.1, 0.15) is 12.5 Å². The molecule has 0 aliphatic rings. The van der Waals surface area contributed by atoms with Crippen molar-refractivity contribution in [3.63, 3.8) is 0 Å². The summed E-state index contributed by atoms with van der Waals surface area (Å²) in [5, 5.41) is 18.3. The molecular weight excluding hydrogens is 250 g/mol. The van der Waals surface area contributed by atoms with E-state index in [0.29, 0.717) is 17.2 Å². The topological polar surface area (TPSA) is 88.8 Å². The average molecular weight is 265 g/mol. The van der Waals surface area contributed by atoms with E-state index >= 15 is 0 Å². The number of benzene rings is 1. The summed E-state index contributed by atoms with van der Waals surface area (Å²) in [5.74, 6) is -0.289. The lowest BCUT2D eigenvalue weighted by molar-refractivity contribution is -0.141. The first-order chi connectivity index (χ1) is 8.94. The maximum Gasteiger partial charge on any atom is 0.328 e. The highest BCUT2D eigenvalue weighted by molar-refractivity contribution is 5.85. The molecule has 6 heteroatoms. The molecule has 0 spiro atoms. The van der Waals surface area contributed by atoms with Crippen LogP contribution in [0.2, 0.25) is 0 Å². The number of carboxylic acids is 1. The Morgan fingerprint density at radius 1 is 1.21 bits per heavy atom. The third-order valence-electron chi connectivity index (χ3n) is 2.89. The Balaban J connectivity index is 3.55. The highest BCUT2D eigenvalue weighted by Crippen LogP contribution is 2.41. The van der Waals surface area contributed by atoms with E-state index in [9.17, 15) is 9.90 Å². The van der Waals surface area contributed by atoms with Crippen molar-refractivity contribution in [3.05, 3.63) is 17.7 Å². The molecule has 19 heavy (non-hydrogen) atoms. The quantitative estimate of drug-likeness (QED) is 0.869. The van der Waals surface area contributed by atoms with E-state index in [2.05, 4.69) is 0 Å². The summed E-state index contributed by atoms with van der Waals surface area (Å²) in [4.78, 5) is 11.3. The molecule has 1 rings (SSSR count). The smallest absolute Gasteiger partial charge is 0.328 e. The molecule has 6 nitrogen and oxygen atoms in total. The third-order valence-corrected chi connectivity index (χ3v) is 2.89. The van der Waals surface area contributed by atoms with Crippen LogP contribution in [-0.2, 0) is 10.2 Å². The number of aliphatic carboxylic acids is 1. The van der Waals surface area contributed by atoms with Crippen LogP contribution in [0, 0.1) is 11.3 Å². The van der Waals surface area contributed by atoms with Crippen LogP contribution in [0.5, 0.6) is 17.2 Å². The van der Waals surface area contributed by atoms with Crippen molar-refractivity contribution in [1.29, 1.82) is 5.26 Å². The monoisotopic (exact) mass is 265 g/mol. The fraction of sp³-hybridized carbons (Fsp3) is 0.385. The van der Waals surface area contributed by atoms with Gasteiger partial charge < -0.3 is 19.3 Å². The van der Waals surface area contributed by atoms with Gasteiger partial charge in [0.25, 0.3) is 0 Å². The van der Waals surface area contributed by atoms with Crippen molar-refractivity contribution in [2.45, 2.75) is 12.3 Å². The summed E-state index contributed by atoms with van der Waals surface area (Å²) >= 11 is 0. The number of hydrogen-bond acceptors (Lipinski definition) is 5. The van der Waals surface area contributed by atoms with Crippen molar-refractivity contribution in [1.82, 2.24) is 0 Å². The van der Waals surface area contributed by atoms with Crippen molar-refractivity contribution in [3.8, 4) is 23.3 Å². The van der Waals surface area contributed by atoms with Gasteiger partial charge in [0.1, 0.15) is 0 Å². The van der Waals surface area contributed by atoms with Gasteiger partial charge in [-0.3, -0.25) is 4.79 Å². The normalized spacial score (nSPS) is 13.0. The van der Waals surface area contributed by atoms with Crippen molar-refractivity contribution in [2.24, 2.45) is 0 Å². The average Bonchev–Trinajstić information content (AvgIpc) is 2.44. The van der Waals surface area contributed by atoms with Crippen LogP contribution in [0.15, 0.2) is 12.1 Å². The number of hydrogen-bond donors (Lipinski definition) is 1. The lowest BCUT2D eigenvalue weighted by Gasteiger charge is -2.20. The first-order valence-electron chi connectivity index (χ1n) is 5.39. The van der Waals surface area contributed by atoms with Crippen molar-refractivity contribution >= 4 is 5.97 Å². The number of carboxylic acid groups (broad SMARTS) is 1. The summed E-state index contributed by atoms with van der Waals surface area (Å²) in [7, 11) is 4.29. The maximum atomic E-state index is 11.3. The Labute approximate surface area is 111 Å². The summed E-state index contributed by atoms with van der Waals surface area (Å²) in [6, 6.07) is 4.70. The van der Waals surface area contributed by atoms with E-state index in [1.807, 2.05) is 0 Å². The largest absolute Gasteiger partial charge is 0.493 e. The molecule has 1 aromatic carbocycles. The van der Waals surface area contributed by atoms with Gasteiger partial charge in [-0.15, -0.1) is 0 Å². The molecule has 102 valence electrons. The maximum absolute atomic E-state index is 11.3. The second kappa shape index (κ2) is 5.48. The number of ether oxygens (including phenoxy) is 3. The van der Waals surface area contributed by atoms with Gasteiger partial charge >= 0.3 is 5.97 Å². The molecule has 0 aliphatic carbocycles. The SMILES string of the molecule is COc1cc(C(C)(C#N)C(=O)O)cc(OC)c1OC. The molecule has 0 aliphatic heterocycles. The van der Waals surface area contributed by atoms with Gasteiger partial charge in [0.05, 0.1) is 27.4 Å². The zero-order chi connectivity index (χ0) is 14.6. The van der Waals surface area contributed by atoms with Crippen LogP contribution >= 0.6 is 0 Å². The standard InChI is InChI=1S/C13H15NO5/c1-13(7-14,12(15)16)8-5-9(17-2)11(19-4)10(6-8)18-3/h5-6H,1-4H3,(H,15,16). The summed E-state index contributed by atoms with van der Waals surface area (Å²) in [5.41, 5.74) is -1.43. The van der Waals surface area contributed by atoms with E-state index < -0.39 is 11.4 Å². The van der Waals surface area contributed by atoms with E-state index in [1.165, 1.54) is 40.4 Å². The summed E-state index contributed by atoms with van der Waals surface area (Å²) in [6.07, 6.45) is 0. The van der Waals surface area contributed by atoms with Gasteiger partial charge in [0.2, 0.25) is 5.75 Å². The molecule has 1 unspecified atom stereocenters. The van der Waals surface area contributed by atoms with E-state index in [0.717, 1.165) is 0 Å². The molecule has 0 amide bonds. The number of rotatable bonds is 5. The van der Waals surface area contributed by atoms with E-state index in [1.54, 1.807) is 6.07 Å². The molecule has 1 aromatic rings. The first-order valence-corrected chi connectivity index (χ1v) is 5.39. The van der Waals surface area contributed by atoms with Gasteiger partial charge in [-0.2, -0.15) is 5.26 Å². The van der Waals surface area contributed by atoms with Crippen molar-refractivity contribution in [2.75, 3.05) is 21.3 Å². The van der Waals surface area contributed by atoms with Gasteiger partial charge in [-0.25, -0.2) is 0 Å². The highest BCUT2D eigenvalue weighted by Gasteiger charge is 2.37. The Hall–Kier alpha value is -2.42. The second-order valence-corrected chi connectivity index (χ2v) is 3.96. The molecule has 0 heterocycles. The van der Waals surface area contributed by atoms with Crippen LogP contribution in [0.25, 0.3) is 0 Å². The Bertz CT molecular complexity index is 509. The third kappa shape index (κ3) is 2.40. The highest BCUT2D eigenvalue weighted by atomic mass is 16.5. The number of methoxy groups -OCH3 is 3. The molecule has 0 fully saturated rings.